The molecule has 0 aromatic heterocycles. The van der Waals surface area contributed by atoms with Crippen LogP contribution in [0.25, 0.3) is 0 Å². The zero-order chi connectivity index (χ0) is 14.9. The second-order valence-corrected chi connectivity index (χ2v) is 7.13. The van der Waals surface area contributed by atoms with Crippen molar-refractivity contribution in [3.05, 3.63) is 35.4 Å². The van der Waals surface area contributed by atoms with Crippen molar-refractivity contribution in [1.29, 1.82) is 0 Å². The molecule has 118 valence electrons. The van der Waals surface area contributed by atoms with Crippen LogP contribution in [-0.4, -0.2) is 13.1 Å². The minimum atomic E-state index is 0.761. The topological polar surface area (TPSA) is 12.0 Å². The second kappa shape index (κ2) is 9.25. The average Bonchev–Trinajstić information content (AvgIpc) is 2.52. The van der Waals surface area contributed by atoms with E-state index in [-0.39, 0.29) is 0 Å². The predicted molar refractivity (Wildman–Crippen MR) is 92.9 cm³/mol. The van der Waals surface area contributed by atoms with Gasteiger partial charge in [-0.1, -0.05) is 57.4 Å². The first-order valence-electron chi connectivity index (χ1n) is 9.05. The van der Waals surface area contributed by atoms with E-state index in [9.17, 15) is 0 Å². The van der Waals surface area contributed by atoms with Gasteiger partial charge >= 0.3 is 0 Å². The molecule has 1 nitrogen and oxygen atoms in total. The highest BCUT2D eigenvalue weighted by Crippen LogP contribution is 2.32. The van der Waals surface area contributed by atoms with Gasteiger partial charge in [0.05, 0.1) is 0 Å². The number of nitrogens with one attached hydrogen (secondary N) is 1. The molecular formula is C20H33N. The summed E-state index contributed by atoms with van der Waals surface area (Å²) < 4.78 is 0. The summed E-state index contributed by atoms with van der Waals surface area (Å²) in [5, 5.41) is 3.52. The van der Waals surface area contributed by atoms with Crippen LogP contribution >= 0.6 is 0 Å². The summed E-state index contributed by atoms with van der Waals surface area (Å²) >= 11 is 0. The van der Waals surface area contributed by atoms with Crippen LogP contribution in [0.1, 0.15) is 75.8 Å². The second-order valence-electron chi connectivity index (χ2n) is 7.13. The van der Waals surface area contributed by atoms with Crippen LogP contribution in [-0.2, 0) is 6.42 Å². The number of aryl methyl sites for hydroxylation is 1. The highest BCUT2D eigenvalue weighted by molar-refractivity contribution is 5.25. The molecule has 2 rings (SSSR count). The molecule has 0 aliphatic heterocycles. The molecule has 0 bridgehead atoms. The highest BCUT2D eigenvalue weighted by Gasteiger charge is 2.14. The zero-order valence-corrected chi connectivity index (χ0v) is 14.0. The largest absolute Gasteiger partial charge is 0.316 e. The van der Waals surface area contributed by atoms with Gasteiger partial charge in [0, 0.05) is 0 Å². The van der Waals surface area contributed by atoms with Gasteiger partial charge in [0.25, 0.3) is 0 Å². The van der Waals surface area contributed by atoms with Crippen molar-refractivity contribution in [2.75, 3.05) is 13.1 Å². The lowest BCUT2D eigenvalue weighted by atomic mass is 9.84. The Morgan fingerprint density at radius 2 is 1.71 bits per heavy atom. The molecule has 0 amide bonds. The normalized spacial score (nSPS) is 16.5. The van der Waals surface area contributed by atoms with Crippen molar-refractivity contribution < 1.29 is 0 Å². The average molecular weight is 287 g/mol. The molecule has 0 atom stereocenters. The maximum Gasteiger partial charge on any atom is -0.00258 e. The monoisotopic (exact) mass is 287 g/mol. The number of hydrogen-bond acceptors (Lipinski definition) is 1. The van der Waals surface area contributed by atoms with Crippen molar-refractivity contribution >= 4 is 0 Å². The maximum absolute atomic E-state index is 3.52. The Morgan fingerprint density at radius 3 is 2.38 bits per heavy atom. The van der Waals surface area contributed by atoms with E-state index < -0.39 is 0 Å². The molecular weight excluding hydrogens is 254 g/mol. The van der Waals surface area contributed by atoms with E-state index in [1.807, 2.05) is 0 Å². The summed E-state index contributed by atoms with van der Waals surface area (Å²) in [7, 11) is 0. The third-order valence-electron chi connectivity index (χ3n) is 4.68. The van der Waals surface area contributed by atoms with Crippen molar-refractivity contribution in [3.8, 4) is 0 Å². The summed E-state index contributed by atoms with van der Waals surface area (Å²) in [5.41, 5.74) is 3.09. The first-order chi connectivity index (χ1) is 10.3. The van der Waals surface area contributed by atoms with E-state index >= 15 is 0 Å². The van der Waals surface area contributed by atoms with Gasteiger partial charge in [0.2, 0.25) is 0 Å². The molecule has 0 spiro atoms. The molecule has 0 saturated heterocycles. The minimum Gasteiger partial charge on any atom is -0.316 e. The van der Waals surface area contributed by atoms with Crippen LogP contribution in [0, 0.1) is 5.92 Å². The summed E-state index contributed by atoms with van der Waals surface area (Å²) in [6.45, 7) is 6.84. The van der Waals surface area contributed by atoms with E-state index in [0.29, 0.717) is 0 Å². The Balaban J connectivity index is 1.65. The molecule has 1 fully saturated rings. The Bertz CT molecular complexity index is 373. The lowest BCUT2D eigenvalue weighted by Gasteiger charge is -2.22. The summed E-state index contributed by atoms with van der Waals surface area (Å²) in [5.74, 6) is 1.60. The first kappa shape index (κ1) is 16.5. The molecule has 1 aromatic carbocycles. The van der Waals surface area contributed by atoms with Gasteiger partial charge in [-0.25, -0.2) is 0 Å². The van der Waals surface area contributed by atoms with Gasteiger partial charge in [-0.3, -0.25) is 0 Å². The fourth-order valence-corrected chi connectivity index (χ4v) is 3.36. The summed E-state index contributed by atoms with van der Waals surface area (Å²) in [4.78, 5) is 0. The van der Waals surface area contributed by atoms with Crippen LogP contribution in [0.2, 0.25) is 0 Å². The predicted octanol–water partition coefficient (Wildman–Crippen LogP) is 5.30. The third kappa shape index (κ3) is 6.22. The molecule has 1 aromatic rings. The van der Waals surface area contributed by atoms with Crippen LogP contribution in [0.5, 0.6) is 0 Å². The Kier molecular flexibility index (Phi) is 7.29. The zero-order valence-electron chi connectivity index (χ0n) is 14.0. The third-order valence-corrected chi connectivity index (χ3v) is 4.68. The summed E-state index contributed by atoms with van der Waals surface area (Å²) in [6, 6.07) is 9.52. The standard InChI is InChI=1S/C20H33N/c1-17(2)16-21-15-7-6-8-18-11-13-20(14-12-18)19-9-4-3-5-10-19/h11-14,17,19,21H,3-10,15-16H2,1-2H3. The number of hydrogen-bond donors (Lipinski definition) is 1. The molecule has 1 aliphatic carbocycles. The van der Waals surface area contributed by atoms with E-state index in [1.165, 1.54) is 63.5 Å². The number of benzene rings is 1. The fraction of sp³-hybridized carbons (Fsp3) is 0.700. The van der Waals surface area contributed by atoms with E-state index in [2.05, 4.69) is 43.4 Å². The van der Waals surface area contributed by atoms with Crippen molar-refractivity contribution in [2.45, 2.75) is 71.1 Å². The lowest BCUT2D eigenvalue weighted by Crippen LogP contribution is -2.20. The smallest absolute Gasteiger partial charge is 0.00258 e. The van der Waals surface area contributed by atoms with Crippen molar-refractivity contribution in [1.82, 2.24) is 5.32 Å². The molecule has 1 saturated carbocycles. The van der Waals surface area contributed by atoms with Gasteiger partial charge in [-0.15, -0.1) is 0 Å². The molecule has 0 unspecified atom stereocenters. The lowest BCUT2D eigenvalue weighted by molar-refractivity contribution is 0.443. The van der Waals surface area contributed by atoms with Crippen molar-refractivity contribution in [3.63, 3.8) is 0 Å². The summed E-state index contributed by atoms with van der Waals surface area (Å²) in [6.07, 6.45) is 10.9. The maximum atomic E-state index is 3.52. The Hall–Kier alpha value is -0.820. The van der Waals surface area contributed by atoms with Gasteiger partial charge in [0.1, 0.15) is 0 Å². The fourth-order valence-electron chi connectivity index (χ4n) is 3.36. The van der Waals surface area contributed by atoms with E-state index in [4.69, 9.17) is 0 Å². The number of rotatable bonds is 8. The molecule has 21 heavy (non-hydrogen) atoms. The van der Waals surface area contributed by atoms with E-state index in [1.54, 1.807) is 5.56 Å². The van der Waals surface area contributed by atoms with Crippen LogP contribution in [0.15, 0.2) is 24.3 Å². The minimum absolute atomic E-state index is 0.761. The van der Waals surface area contributed by atoms with Crippen LogP contribution in [0.4, 0.5) is 0 Å². The first-order valence-corrected chi connectivity index (χ1v) is 9.05. The molecule has 1 heteroatoms. The van der Waals surface area contributed by atoms with Crippen LogP contribution in [0.3, 0.4) is 0 Å². The molecule has 0 radical (unpaired) electrons. The Labute approximate surface area is 131 Å². The number of unbranched alkanes of at least 4 members (excludes halogenated alkanes) is 1. The molecule has 1 aliphatic rings. The Morgan fingerprint density at radius 1 is 1.00 bits per heavy atom. The van der Waals surface area contributed by atoms with E-state index in [0.717, 1.165) is 18.4 Å². The van der Waals surface area contributed by atoms with Gasteiger partial charge in [0.15, 0.2) is 0 Å². The van der Waals surface area contributed by atoms with Crippen LogP contribution < -0.4 is 5.32 Å². The highest BCUT2D eigenvalue weighted by atomic mass is 14.8. The van der Waals surface area contributed by atoms with Gasteiger partial charge in [-0.05, 0) is 68.2 Å². The SMILES string of the molecule is CC(C)CNCCCCc1ccc(C2CCCCC2)cc1. The quantitative estimate of drug-likeness (QED) is 0.639. The van der Waals surface area contributed by atoms with Crippen molar-refractivity contribution in [2.24, 2.45) is 5.92 Å². The van der Waals surface area contributed by atoms with Gasteiger partial charge in [-0.2, -0.15) is 0 Å². The van der Waals surface area contributed by atoms with Gasteiger partial charge < -0.3 is 5.32 Å². The molecule has 1 N–H and O–H groups in total. The molecule has 0 heterocycles.